The molecule has 12 aliphatic rings. The van der Waals surface area contributed by atoms with Gasteiger partial charge in [0.2, 0.25) is 35.0 Å². The van der Waals surface area contributed by atoms with E-state index in [4.69, 9.17) is 58.9 Å². The summed E-state index contributed by atoms with van der Waals surface area (Å²) in [5, 5.41) is 13.6. The number of amidine groups is 6. The van der Waals surface area contributed by atoms with E-state index in [0.29, 0.717) is 118 Å². The van der Waals surface area contributed by atoms with Crippen LogP contribution in [0, 0.1) is 72.8 Å². The normalized spacial score (nSPS) is 17.9. The summed E-state index contributed by atoms with van der Waals surface area (Å²) in [5.41, 5.74) is 15.1. The van der Waals surface area contributed by atoms with Gasteiger partial charge in [-0.3, -0.25) is 0 Å². The molecule has 150 heavy (non-hydrogen) atoms. The molecule has 18 heterocycles. The van der Waals surface area contributed by atoms with Gasteiger partial charge in [-0.15, -0.1) is 0 Å². The molecule has 12 aliphatic heterocycles. The molecule has 0 saturated heterocycles. The Balaban J connectivity index is 0.699. The lowest BCUT2D eigenvalue weighted by Gasteiger charge is -2.47. The fraction of sp³-hybridized carbons (Fsp3) is 0.190. The smallest absolute Gasteiger partial charge is 0.568 e. The lowest BCUT2D eigenvalue weighted by Crippen LogP contribution is -2.75. The van der Waals surface area contributed by atoms with Gasteiger partial charge in [-0.05, 0) is 230 Å². The largest absolute Gasteiger partial charge is 0.648 e. The predicted molar refractivity (Wildman–Crippen MR) is 590 cm³/mol. The quantitative estimate of drug-likeness (QED) is 0.151. The number of benzene rings is 12. The molecule has 13 aromatic carbocycles. The van der Waals surface area contributed by atoms with E-state index in [1.165, 1.54) is 0 Å². The van der Waals surface area contributed by atoms with Gasteiger partial charge in [-0.1, -0.05) is 300 Å². The summed E-state index contributed by atoms with van der Waals surface area (Å²) >= 11 is 0. The highest BCUT2D eigenvalue weighted by atomic mass is 16.5. The Morgan fingerprint density at radius 3 is 0.600 bits per heavy atom. The Bertz CT molecular complexity index is 9650. The van der Waals surface area contributed by atoms with Crippen LogP contribution in [0.1, 0.15) is 191 Å². The van der Waals surface area contributed by atoms with Gasteiger partial charge in [0, 0.05) is 97.0 Å². The van der Waals surface area contributed by atoms with E-state index in [9.17, 15) is 0 Å². The van der Waals surface area contributed by atoms with Crippen LogP contribution in [0.2, 0.25) is 0 Å². The predicted octanol–water partition coefficient (Wildman–Crippen LogP) is 21.7. The maximum Gasteiger partial charge on any atom is 0.568 e. The van der Waals surface area contributed by atoms with Crippen molar-refractivity contribution < 1.29 is 27.4 Å². The molecular weight excluding hydrogens is 1850 g/mol. The van der Waals surface area contributed by atoms with Crippen molar-refractivity contribution in [2.75, 3.05) is 0 Å². The molecule has 0 radical (unpaired) electrons. The summed E-state index contributed by atoms with van der Waals surface area (Å²) in [7, 11) is 0. The Hall–Kier alpha value is -18.3. The third-order valence-corrected chi connectivity index (χ3v) is 32.6. The molecule has 0 saturated carbocycles. The topological polar surface area (TPSA) is 178 Å². The lowest BCUT2D eigenvalue weighted by molar-refractivity contribution is -0.291. The number of aliphatic imine (C=N–C) groups is 3. The van der Waals surface area contributed by atoms with Crippen molar-refractivity contribution in [3.05, 3.63) is 409 Å². The Labute approximate surface area is 864 Å². The minimum atomic E-state index is -2.75. The number of hydrogen-bond acceptors (Lipinski definition) is 12. The summed E-state index contributed by atoms with van der Waals surface area (Å²) in [6, 6.07) is 126. The number of fused-ring (bicyclic) bond motifs is 30. The molecule has 21 nitrogen and oxygen atoms in total. The van der Waals surface area contributed by atoms with E-state index >= 15 is 0 Å². The van der Waals surface area contributed by atoms with Gasteiger partial charge in [-0.25, -0.2) is 15.0 Å². The minimum Gasteiger partial charge on any atom is -0.648 e. The lowest BCUT2D eigenvalue weighted by atomic mass is 9.75. The highest BCUT2D eigenvalue weighted by molar-refractivity contribution is 6.71. The molecule has 3 atom stereocenters. The molecule has 0 N–H and O–H groups in total. The molecule has 31 rings (SSSR count). The fourth-order valence-electron chi connectivity index (χ4n) is 25.1. The Morgan fingerprint density at radius 2 is 0.393 bits per heavy atom. The van der Waals surface area contributed by atoms with E-state index in [-0.39, 0.29) is 32.5 Å². The van der Waals surface area contributed by atoms with Crippen LogP contribution in [-0.4, -0.2) is 95.6 Å². The van der Waals surface area contributed by atoms with Crippen molar-refractivity contribution in [3.8, 4) is 17.2 Å². The summed E-state index contributed by atoms with van der Waals surface area (Å²) in [6.45, 7) is 32.4. The number of nitrogens with zero attached hydrogens (tertiary/aromatic N) is 18. The molecule has 19 aromatic rings. The van der Waals surface area contributed by atoms with Gasteiger partial charge in [0.05, 0.1) is 50.6 Å². The average Bonchev–Trinajstić information content (AvgIpc) is 1.49. The highest BCUT2D eigenvalue weighted by Crippen LogP contribution is 2.55. The molecule has 714 valence electrons. The van der Waals surface area contributed by atoms with Crippen LogP contribution in [0.25, 0.3) is 97.0 Å². The zero-order chi connectivity index (χ0) is 102. The van der Waals surface area contributed by atoms with Crippen LogP contribution >= 0.6 is 0 Å². The van der Waals surface area contributed by atoms with E-state index in [1.807, 2.05) is 0 Å². The van der Waals surface area contributed by atoms with Gasteiger partial charge < -0.3 is 54.3 Å². The molecule has 0 fully saturated rings. The summed E-state index contributed by atoms with van der Waals surface area (Å²) in [4.78, 5) is 52.5. The van der Waals surface area contributed by atoms with Crippen molar-refractivity contribution in [1.29, 1.82) is 0 Å². The van der Waals surface area contributed by atoms with Gasteiger partial charge in [-0.2, -0.15) is 0 Å². The van der Waals surface area contributed by atoms with Crippen molar-refractivity contribution in [3.63, 3.8) is 0 Å². The average molecular weight is 1940 g/mol. The number of aromatic nitrogens is 6. The van der Waals surface area contributed by atoms with Crippen molar-refractivity contribution in [1.82, 2.24) is 26.9 Å². The summed E-state index contributed by atoms with van der Waals surface area (Å²) in [5.74, 6) is 10.1. The maximum atomic E-state index is 8.33. The van der Waals surface area contributed by atoms with Crippen molar-refractivity contribution in [2.45, 2.75) is 157 Å². The zero-order valence-electron chi connectivity index (χ0n) is 86.0. The zero-order valence-corrected chi connectivity index (χ0v) is 86.0. The molecular formula is C126H93B3N18O3. The number of rotatable bonds is 6. The van der Waals surface area contributed by atoms with Crippen LogP contribution in [0.4, 0.5) is 34.9 Å². The van der Waals surface area contributed by atoms with Crippen LogP contribution < -0.4 is 46.9 Å². The van der Waals surface area contributed by atoms with Crippen LogP contribution in [0.15, 0.2) is 282 Å². The van der Waals surface area contributed by atoms with Gasteiger partial charge in [0.25, 0.3) is 0 Å². The molecule has 0 aliphatic carbocycles. The van der Waals surface area contributed by atoms with Crippen LogP contribution in [0.5, 0.6) is 17.2 Å². The van der Waals surface area contributed by atoms with Crippen molar-refractivity contribution in [2.24, 2.45) is 44.9 Å². The highest BCUT2D eigenvalue weighted by Gasteiger charge is 2.64. The molecule has 6 aromatic heterocycles. The Kier molecular flexibility index (Phi) is 16.2. The van der Waals surface area contributed by atoms with Crippen molar-refractivity contribution >= 4 is 187 Å². The van der Waals surface area contributed by atoms with E-state index < -0.39 is 20.3 Å². The SMILES string of the molecule is CC(C)(C)c1cc(O[B-]23n4c5c6cc7c#cc#cc8cc9c%10n%11c(c9cc8c#cc#cc8cc9c%12n%13c(c9cc8c#cc#cc7cc6c4N=c4c6ccccc6c(n42)=NC2=[N+]3C(=N5)c3ccccc32)N=C2c3ccccc3C3=[N+]2[B-]%13(Oc2cc(C(C)(C)C)cc(C(C)(C)C)c2)n2c(c4ccccc4c2=N%12)=N3)N=C2c3ccccc3C3=[N+]2[B-]%11(Oc2cc(C(C)(C)C)cc(C(C)(C)C)c2)n2c(c4ccccc4c2=N%10)=N3)cc(C(C)(C)C)c1. The first-order valence-electron chi connectivity index (χ1n) is 51.6. The van der Waals surface area contributed by atoms with Gasteiger partial charge in [0.15, 0.2) is 33.9 Å². The fourth-order valence-corrected chi connectivity index (χ4v) is 25.1. The first-order valence-corrected chi connectivity index (χ1v) is 51.6. The van der Waals surface area contributed by atoms with Crippen LogP contribution in [0.3, 0.4) is 0 Å². The van der Waals surface area contributed by atoms with Crippen LogP contribution in [-0.2, 0) is 32.5 Å². The summed E-state index contributed by atoms with van der Waals surface area (Å²) in [6.07, 6.45) is 0. The maximum absolute atomic E-state index is 8.33. The third kappa shape index (κ3) is 11.2. The molecule has 0 spiro atoms. The summed E-state index contributed by atoms with van der Waals surface area (Å²) < 4.78 is 45.2. The second-order valence-corrected chi connectivity index (χ2v) is 47.8. The first kappa shape index (κ1) is 86.0. The second-order valence-electron chi connectivity index (χ2n) is 47.8. The molecule has 24 heteroatoms. The molecule has 3 unspecified atom stereocenters. The standard InChI is InChI=1S/C126H93B3N18O3/c1-121(2,3)76-61-77(122(4,5)6)65-82(64-76)148-127-139-103-85-43-25-31-49-91(85)109(139)133-115-97-55-70-37-19-21-39-72-57-99-101(119-137-113-95-53-35-29-47-89(95)107-131-105-87-45-27-33-51-93(87)111-135-117(99)146(119)128(141(105)111,143(107)113)149-83-66-78(123(7,8)9)62-79(67-83)124(10,11)12)59-74(72)41-23-24-42-75-60-102-100(58-73(75)40-22-20-38-71(70)56-98(97)116(145(115)127)134-110-92-50-32-26-44-86(92)104(130-103)140(110)127)118-136-112-94-52-34-28-46-88(94)106-132-108-90-48-30-36-54-96(90)114-138-120(102)147(118)129(142(106)112,144(108)114)150-84-68-80(125(13,14)15)63-81(69-84)126(16,17)18/h25-36,43-69H,1-18H3. The monoisotopic (exact) mass is 1940 g/mol. The van der Waals surface area contributed by atoms with Gasteiger partial charge >= 0.3 is 20.3 Å². The van der Waals surface area contributed by atoms with Gasteiger partial charge in [0.1, 0.15) is 33.9 Å². The van der Waals surface area contributed by atoms with E-state index in [2.05, 4.69) is 474 Å². The second kappa shape index (κ2) is 28.3. The molecule has 0 bridgehead atoms. The molecule has 0 amide bonds. The van der Waals surface area contributed by atoms with E-state index in [1.54, 1.807) is 0 Å². The number of hydrogen-bond donors (Lipinski definition) is 0. The minimum absolute atomic E-state index is 0.262. The first-order chi connectivity index (χ1) is 72.1. The van der Waals surface area contributed by atoms with E-state index in [0.717, 1.165) is 165 Å². The Morgan fingerprint density at radius 1 is 0.207 bits per heavy atom. The third-order valence-electron chi connectivity index (χ3n) is 32.6.